The van der Waals surface area contributed by atoms with E-state index in [2.05, 4.69) is 11.4 Å². The Hall–Kier alpha value is -3.00. The molecular weight excluding hydrogens is 326 g/mol. The summed E-state index contributed by atoms with van der Waals surface area (Å²) in [5.74, 6) is 0.861. The van der Waals surface area contributed by atoms with Crippen molar-refractivity contribution in [1.82, 2.24) is 4.90 Å². The summed E-state index contributed by atoms with van der Waals surface area (Å²) in [6.07, 6.45) is 2.18. The highest BCUT2D eigenvalue weighted by Crippen LogP contribution is 2.20. The minimum atomic E-state index is -0.268. The van der Waals surface area contributed by atoms with E-state index in [4.69, 9.17) is 10.00 Å². The molecule has 134 valence electrons. The lowest BCUT2D eigenvalue weighted by Crippen LogP contribution is -2.39. The van der Waals surface area contributed by atoms with Gasteiger partial charge in [-0.15, -0.1) is 0 Å². The van der Waals surface area contributed by atoms with E-state index >= 15 is 0 Å². The van der Waals surface area contributed by atoms with Crippen LogP contribution in [0.1, 0.15) is 30.9 Å². The number of amides is 1. The normalized spacial score (nSPS) is 14.5. The number of likely N-dealkylation sites (tertiary alicyclic amines) is 1. The molecule has 26 heavy (non-hydrogen) atoms. The van der Waals surface area contributed by atoms with Crippen LogP contribution in [0.4, 0.5) is 5.69 Å². The summed E-state index contributed by atoms with van der Waals surface area (Å²) in [6, 6.07) is 16.8. The van der Waals surface area contributed by atoms with Crippen LogP contribution in [0.5, 0.6) is 5.75 Å². The number of nitrogens with zero attached hydrogens (tertiary/aromatic N) is 2. The summed E-state index contributed by atoms with van der Waals surface area (Å²) in [7, 11) is 0. The monoisotopic (exact) mass is 349 g/mol. The zero-order valence-corrected chi connectivity index (χ0v) is 14.9. The molecule has 3 rings (SSSR count). The van der Waals surface area contributed by atoms with E-state index in [0.717, 1.165) is 42.9 Å². The van der Waals surface area contributed by atoms with Gasteiger partial charge in [-0.25, -0.2) is 0 Å². The summed E-state index contributed by atoms with van der Waals surface area (Å²) < 4.78 is 5.83. The lowest BCUT2D eigenvalue weighted by molar-refractivity contribution is -0.130. The largest absolute Gasteiger partial charge is 0.489 e. The number of carbonyl (C=O) groups is 1. The third-order valence-electron chi connectivity index (χ3n) is 4.47. The van der Waals surface area contributed by atoms with E-state index in [1.165, 1.54) is 0 Å². The van der Waals surface area contributed by atoms with Crippen LogP contribution < -0.4 is 10.1 Å². The minimum Gasteiger partial charge on any atom is -0.489 e. The summed E-state index contributed by atoms with van der Waals surface area (Å²) >= 11 is 0. The predicted octanol–water partition coefficient (Wildman–Crippen LogP) is 3.56. The van der Waals surface area contributed by atoms with E-state index in [0.29, 0.717) is 12.2 Å². The van der Waals surface area contributed by atoms with Crippen molar-refractivity contribution in [2.45, 2.75) is 32.4 Å². The highest BCUT2D eigenvalue weighted by atomic mass is 16.5. The molecule has 0 spiro atoms. The fourth-order valence-corrected chi connectivity index (χ4v) is 3.10. The van der Waals surface area contributed by atoms with Gasteiger partial charge >= 0.3 is 0 Å². The molecule has 1 saturated heterocycles. The van der Waals surface area contributed by atoms with Gasteiger partial charge in [0.25, 0.3) is 0 Å². The van der Waals surface area contributed by atoms with Crippen molar-refractivity contribution >= 4 is 11.6 Å². The molecule has 0 unspecified atom stereocenters. The number of nitrogens with one attached hydrogen (secondary N) is 1. The van der Waals surface area contributed by atoms with Gasteiger partial charge in [-0.05, 0) is 49.6 Å². The van der Waals surface area contributed by atoms with E-state index in [9.17, 15) is 4.79 Å². The Labute approximate surface area is 154 Å². The van der Waals surface area contributed by atoms with Gasteiger partial charge in [0.1, 0.15) is 18.4 Å². The van der Waals surface area contributed by atoms with E-state index in [-0.39, 0.29) is 11.9 Å². The van der Waals surface area contributed by atoms with Gasteiger partial charge in [0, 0.05) is 24.8 Å². The van der Waals surface area contributed by atoms with Crippen LogP contribution in [-0.2, 0) is 11.4 Å². The summed E-state index contributed by atoms with van der Waals surface area (Å²) in [5, 5.41) is 12.2. The molecule has 1 atom stereocenters. The maximum Gasteiger partial charge on any atom is 0.244 e. The van der Waals surface area contributed by atoms with Gasteiger partial charge < -0.3 is 15.0 Å². The van der Waals surface area contributed by atoms with Gasteiger partial charge in [0.15, 0.2) is 0 Å². The topological polar surface area (TPSA) is 65.4 Å². The Balaban J connectivity index is 1.59. The van der Waals surface area contributed by atoms with Crippen molar-refractivity contribution < 1.29 is 9.53 Å². The Morgan fingerprint density at radius 2 is 2.00 bits per heavy atom. The molecule has 0 bridgehead atoms. The van der Waals surface area contributed by atoms with Crippen LogP contribution in [0, 0.1) is 11.3 Å². The SMILES string of the molecule is C[C@H](Nc1cccc(OCc2cccc(C#N)c2)c1)C(=O)N1CCCC1. The lowest BCUT2D eigenvalue weighted by atomic mass is 10.1. The number of carbonyl (C=O) groups excluding carboxylic acids is 1. The molecule has 2 aromatic carbocycles. The first-order valence-corrected chi connectivity index (χ1v) is 8.93. The Morgan fingerprint density at radius 3 is 2.77 bits per heavy atom. The number of rotatable bonds is 6. The maximum atomic E-state index is 12.4. The number of hydrogen-bond donors (Lipinski definition) is 1. The van der Waals surface area contributed by atoms with Gasteiger partial charge in [-0.2, -0.15) is 5.26 Å². The molecule has 1 fully saturated rings. The van der Waals surface area contributed by atoms with Crippen LogP contribution in [0.3, 0.4) is 0 Å². The van der Waals surface area contributed by atoms with Crippen LogP contribution in [-0.4, -0.2) is 29.9 Å². The van der Waals surface area contributed by atoms with Gasteiger partial charge in [-0.1, -0.05) is 18.2 Å². The van der Waals surface area contributed by atoms with Crippen LogP contribution in [0.15, 0.2) is 48.5 Å². The molecular formula is C21H23N3O2. The second-order valence-electron chi connectivity index (χ2n) is 6.53. The quantitative estimate of drug-likeness (QED) is 0.866. The van der Waals surface area contributed by atoms with Gasteiger partial charge in [-0.3, -0.25) is 4.79 Å². The molecule has 1 heterocycles. The van der Waals surface area contributed by atoms with Crippen molar-refractivity contribution in [1.29, 1.82) is 5.26 Å². The summed E-state index contributed by atoms with van der Waals surface area (Å²) in [4.78, 5) is 14.3. The number of ether oxygens (including phenoxy) is 1. The average Bonchev–Trinajstić information content (AvgIpc) is 3.21. The van der Waals surface area contributed by atoms with Gasteiger partial charge in [0.2, 0.25) is 5.91 Å². The third-order valence-corrected chi connectivity index (χ3v) is 4.47. The Bertz CT molecular complexity index is 807. The van der Waals surface area contributed by atoms with E-state index < -0.39 is 0 Å². The number of hydrogen-bond acceptors (Lipinski definition) is 4. The van der Waals surface area contributed by atoms with Crippen LogP contribution >= 0.6 is 0 Å². The molecule has 5 nitrogen and oxygen atoms in total. The van der Waals surface area contributed by atoms with Crippen LogP contribution in [0.25, 0.3) is 0 Å². The van der Waals surface area contributed by atoms with Crippen molar-refractivity contribution in [3.05, 3.63) is 59.7 Å². The number of anilines is 1. The van der Waals surface area contributed by atoms with Crippen molar-refractivity contribution in [3.63, 3.8) is 0 Å². The molecule has 0 radical (unpaired) electrons. The van der Waals surface area contributed by atoms with Gasteiger partial charge in [0.05, 0.1) is 11.6 Å². The summed E-state index contributed by atoms with van der Waals surface area (Å²) in [5.41, 5.74) is 2.42. The zero-order valence-electron chi connectivity index (χ0n) is 14.9. The molecule has 2 aromatic rings. The number of benzene rings is 2. The third kappa shape index (κ3) is 4.54. The lowest BCUT2D eigenvalue weighted by Gasteiger charge is -2.22. The van der Waals surface area contributed by atoms with E-state index in [1.807, 2.05) is 54.3 Å². The molecule has 5 heteroatoms. The van der Waals surface area contributed by atoms with Crippen LogP contribution in [0.2, 0.25) is 0 Å². The molecule has 1 aliphatic rings. The highest BCUT2D eigenvalue weighted by Gasteiger charge is 2.23. The molecule has 0 aromatic heterocycles. The Kier molecular flexibility index (Phi) is 5.75. The first kappa shape index (κ1) is 17.8. The van der Waals surface area contributed by atoms with E-state index in [1.54, 1.807) is 6.07 Å². The molecule has 1 amide bonds. The highest BCUT2D eigenvalue weighted by molar-refractivity contribution is 5.84. The molecule has 1 N–H and O–H groups in total. The zero-order chi connectivity index (χ0) is 18.4. The minimum absolute atomic E-state index is 0.141. The fraction of sp³-hybridized carbons (Fsp3) is 0.333. The number of nitriles is 1. The first-order valence-electron chi connectivity index (χ1n) is 8.93. The maximum absolute atomic E-state index is 12.4. The van der Waals surface area contributed by atoms with Crippen molar-refractivity contribution in [3.8, 4) is 11.8 Å². The average molecular weight is 349 g/mol. The summed E-state index contributed by atoms with van der Waals surface area (Å²) in [6.45, 7) is 3.99. The first-order chi connectivity index (χ1) is 12.7. The molecule has 1 aliphatic heterocycles. The van der Waals surface area contributed by atoms with Crippen molar-refractivity contribution in [2.24, 2.45) is 0 Å². The smallest absolute Gasteiger partial charge is 0.244 e. The molecule has 0 aliphatic carbocycles. The second-order valence-corrected chi connectivity index (χ2v) is 6.53. The fourth-order valence-electron chi connectivity index (χ4n) is 3.10. The predicted molar refractivity (Wildman–Crippen MR) is 101 cm³/mol. The molecule has 0 saturated carbocycles. The second kappa shape index (κ2) is 8.39. The Morgan fingerprint density at radius 1 is 1.23 bits per heavy atom. The standard InChI is InChI=1S/C21H23N3O2/c1-16(21(25)24-10-2-3-11-24)23-19-8-5-9-20(13-19)26-15-18-7-4-6-17(12-18)14-22/h4-9,12-13,16,23H,2-3,10-11,15H2,1H3/t16-/m0/s1. The van der Waals surface area contributed by atoms with Crippen molar-refractivity contribution in [2.75, 3.05) is 18.4 Å².